The van der Waals surface area contributed by atoms with Gasteiger partial charge in [0, 0.05) is 37.8 Å². The molecule has 1 aromatic carbocycles. The molecule has 1 saturated heterocycles. The van der Waals surface area contributed by atoms with Gasteiger partial charge in [-0.1, -0.05) is 18.2 Å². The first-order valence-electron chi connectivity index (χ1n) is 6.61. The van der Waals surface area contributed by atoms with Gasteiger partial charge in [0.15, 0.2) is 0 Å². The standard InChI is InChI=1S/C14H21N3O2/c1-11(12-5-3-4-6-13(12)19-2)15-7-9-17-10-8-16-14(17)18/h3-6,11,15H,7-10H2,1-2H3,(H,16,18)/t11-/m0/s1. The molecule has 1 atom stereocenters. The van der Waals surface area contributed by atoms with Gasteiger partial charge in [0.05, 0.1) is 7.11 Å². The smallest absolute Gasteiger partial charge is 0.317 e. The van der Waals surface area contributed by atoms with Crippen molar-refractivity contribution in [3.63, 3.8) is 0 Å². The lowest BCUT2D eigenvalue weighted by atomic mass is 10.1. The Hall–Kier alpha value is -1.75. The van der Waals surface area contributed by atoms with Gasteiger partial charge in [0.2, 0.25) is 0 Å². The minimum Gasteiger partial charge on any atom is -0.496 e. The fourth-order valence-corrected chi connectivity index (χ4v) is 2.27. The molecular weight excluding hydrogens is 242 g/mol. The molecule has 1 heterocycles. The van der Waals surface area contributed by atoms with Crippen molar-refractivity contribution in [1.29, 1.82) is 0 Å². The largest absolute Gasteiger partial charge is 0.496 e. The summed E-state index contributed by atoms with van der Waals surface area (Å²) < 4.78 is 5.35. The number of carbonyl (C=O) groups is 1. The molecule has 0 bridgehead atoms. The number of methoxy groups -OCH3 is 1. The number of hydrogen-bond acceptors (Lipinski definition) is 3. The van der Waals surface area contributed by atoms with E-state index in [-0.39, 0.29) is 12.1 Å². The van der Waals surface area contributed by atoms with E-state index < -0.39 is 0 Å². The highest BCUT2D eigenvalue weighted by molar-refractivity contribution is 5.76. The highest BCUT2D eigenvalue weighted by atomic mass is 16.5. The molecular formula is C14H21N3O2. The number of ether oxygens (including phenoxy) is 1. The lowest BCUT2D eigenvalue weighted by Gasteiger charge is -2.19. The summed E-state index contributed by atoms with van der Waals surface area (Å²) in [6, 6.07) is 8.21. The summed E-state index contributed by atoms with van der Waals surface area (Å²) in [6.45, 7) is 5.14. The van der Waals surface area contributed by atoms with Crippen LogP contribution in [-0.4, -0.2) is 44.2 Å². The van der Waals surface area contributed by atoms with Crippen molar-refractivity contribution in [3.05, 3.63) is 29.8 Å². The maximum Gasteiger partial charge on any atom is 0.317 e. The molecule has 0 aromatic heterocycles. The second kappa shape index (κ2) is 6.43. The van der Waals surface area contributed by atoms with Gasteiger partial charge in [-0.05, 0) is 13.0 Å². The maximum absolute atomic E-state index is 11.4. The van der Waals surface area contributed by atoms with E-state index in [0.717, 1.165) is 37.5 Å². The third kappa shape index (κ3) is 3.38. The Balaban J connectivity index is 1.83. The Bertz CT molecular complexity index is 436. The quantitative estimate of drug-likeness (QED) is 0.815. The Morgan fingerprint density at radius 1 is 1.47 bits per heavy atom. The van der Waals surface area contributed by atoms with Gasteiger partial charge < -0.3 is 20.3 Å². The fourth-order valence-electron chi connectivity index (χ4n) is 2.27. The van der Waals surface area contributed by atoms with Crippen LogP contribution in [0.1, 0.15) is 18.5 Å². The van der Waals surface area contributed by atoms with Gasteiger partial charge in [-0.3, -0.25) is 0 Å². The summed E-state index contributed by atoms with van der Waals surface area (Å²) in [5.41, 5.74) is 1.14. The first-order chi connectivity index (χ1) is 9.22. The van der Waals surface area contributed by atoms with E-state index in [2.05, 4.69) is 23.6 Å². The van der Waals surface area contributed by atoms with Crippen molar-refractivity contribution >= 4 is 6.03 Å². The number of para-hydroxylation sites is 1. The van der Waals surface area contributed by atoms with Crippen molar-refractivity contribution < 1.29 is 9.53 Å². The van der Waals surface area contributed by atoms with Crippen LogP contribution in [0.2, 0.25) is 0 Å². The van der Waals surface area contributed by atoms with E-state index >= 15 is 0 Å². The van der Waals surface area contributed by atoms with Crippen molar-refractivity contribution in [2.75, 3.05) is 33.3 Å². The zero-order chi connectivity index (χ0) is 13.7. The monoisotopic (exact) mass is 263 g/mol. The lowest BCUT2D eigenvalue weighted by molar-refractivity contribution is 0.217. The van der Waals surface area contributed by atoms with Crippen LogP contribution in [0, 0.1) is 0 Å². The third-order valence-corrected chi connectivity index (χ3v) is 3.38. The number of nitrogens with one attached hydrogen (secondary N) is 2. The van der Waals surface area contributed by atoms with Crippen molar-refractivity contribution in [3.8, 4) is 5.75 Å². The average molecular weight is 263 g/mol. The summed E-state index contributed by atoms with van der Waals surface area (Å²) in [4.78, 5) is 13.2. The highest BCUT2D eigenvalue weighted by Gasteiger charge is 2.19. The molecule has 0 spiro atoms. The van der Waals surface area contributed by atoms with E-state index in [9.17, 15) is 4.79 Å². The molecule has 2 amide bonds. The molecule has 5 heteroatoms. The molecule has 0 saturated carbocycles. The molecule has 19 heavy (non-hydrogen) atoms. The van der Waals surface area contributed by atoms with Crippen LogP contribution in [-0.2, 0) is 0 Å². The van der Waals surface area contributed by atoms with E-state index in [1.165, 1.54) is 0 Å². The predicted octanol–water partition coefficient (Wildman–Crippen LogP) is 1.37. The second-order valence-corrected chi connectivity index (χ2v) is 4.64. The SMILES string of the molecule is COc1ccccc1[C@H](C)NCCN1CCNC1=O. The van der Waals surface area contributed by atoms with Gasteiger partial charge in [-0.2, -0.15) is 0 Å². The predicted molar refractivity (Wildman–Crippen MR) is 74.4 cm³/mol. The second-order valence-electron chi connectivity index (χ2n) is 4.64. The van der Waals surface area contributed by atoms with Gasteiger partial charge >= 0.3 is 6.03 Å². The number of hydrogen-bond donors (Lipinski definition) is 2. The van der Waals surface area contributed by atoms with Gasteiger partial charge in [-0.15, -0.1) is 0 Å². The van der Waals surface area contributed by atoms with Gasteiger partial charge in [-0.25, -0.2) is 4.79 Å². The molecule has 2 N–H and O–H groups in total. The fraction of sp³-hybridized carbons (Fsp3) is 0.500. The van der Waals surface area contributed by atoms with Crippen LogP contribution < -0.4 is 15.4 Å². The Morgan fingerprint density at radius 2 is 2.26 bits per heavy atom. The summed E-state index contributed by atoms with van der Waals surface area (Å²) in [6.07, 6.45) is 0. The third-order valence-electron chi connectivity index (χ3n) is 3.38. The average Bonchev–Trinajstić information content (AvgIpc) is 2.84. The first kappa shape index (κ1) is 13.7. The van der Waals surface area contributed by atoms with Crippen LogP contribution in [0.5, 0.6) is 5.75 Å². The maximum atomic E-state index is 11.4. The minimum absolute atomic E-state index is 0.0340. The number of amides is 2. The molecule has 1 aliphatic heterocycles. The molecule has 1 aliphatic rings. The summed E-state index contributed by atoms with van der Waals surface area (Å²) >= 11 is 0. The zero-order valence-electron chi connectivity index (χ0n) is 11.5. The van der Waals surface area contributed by atoms with Crippen molar-refractivity contribution in [2.24, 2.45) is 0 Å². The van der Waals surface area contributed by atoms with E-state index in [1.807, 2.05) is 23.1 Å². The van der Waals surface area contributed by atoms with Gasteiger partial charge in [0.25, 0.3) is 0 Å². The van der Waals surface area contributed by atoms with Crippen molar-refractivity contribution in [1.82, 2.24) is 15.5 Å². The molecule has 0 aliphatic carbocycles. The van der Waals surface area contributed by atoms with Crippen LogP contribution in [0.3, 0.4) is 0 Å². The molecule has 0 radical (unpaired) electrons. The Kier molecular flexibility index (Phi) is 4.63. The molecule has 2 rings (SSSR count). The summed E-state index contributed by atoms with van der Waals surface area (Å²) in [5.74, 6) is 0.890. The summed E-state index contributed by atoms with van der Waals surface area (Å²) in [7, 11) is 1.68. The van der Waals surface area contributed by atoms with E-state index in [0.29, 0.717) is 0 Å². The van der Waals surface area contributed by atoms with Crippen LogP contribution in [0.15, 0.2) is 24.3 Å². The summed E-state index contributed by atoms with van der Waals surface area (Å²) in [5, 5.41) is 6.22. The van der Waals surface area contributed by atoms with Crippen LogP contribution in [0.4, 0.5) is 4.79 Å². The number of benzene rings is 1. The minimum atomic E-state index is 0.0340. The van der Waals surface area contributed by atoms with E-state index in [4.69, 9.17) is 4.74 Å². The Morgan fingerprint density at radius 3 is 2.95 bits per heavy atom. The lowest BCUT2D eigenvalue weighted by Crippen LogP contribution is -2.35. The van der Waals surface area contributed by atoms with E-state index in [1.54, 1.807) is 7.11 Å². The zero-order valence-corrected chi connectivity index (χ0v) is 11.5. The van der Waals surface area contributed by atoms with Crippen LogP contribution >= 0.6 is 0 Å². The Labute approximate surface area is 113 Å². The number of rotatable bonds is 6. The topological polar surface area (TPSA) is 53.6 Å². The molecule has 104 valence electrons. The van der Waals surface area contributed by atoms with Crippen LogP contribution in [0.25, 0.3) is 0 Å². The normalized spacial score (nSPS) is 16.3. The number of urea groups is 1. The number of carbonyl (C=O) groups excluding carboxylic acids is 1. The molecule has 0 unspecified atom stereocenters. The molecule has 5 nitrogen and oxygen atoms in total. The van der Waals surface area contributed by atoms with Crippen molar-refractivity contribution in [2.45, 2.75) is 13.0 Å². The molecule has 1 fully saturated rings. The highest BCUT2D eigenvalue weighted by Crippen LogP contribution is 2.23. The number of nitrogens with zero attached hydrogens (tertiary/aromatic N) is 1. The van der Waals surface area contributed by atoms with Gasteiger partial charge in [0.1, 0.15) is 5.75 Å². The molecule has 1 aromatic rings. The first-order valence-corrected chi connectivity index (χ1v) is 6.61.